The molecular formula is C22H21N3O2. The Labute approximate surface area is 157 Å². The number of ether oxygens (including phenoxy) is 1. The lowest BCUT2D eigenvalue weighted by Crippen LogP contribution is -2.21. The molecule has 0 fully saturated rings. The fraction of sp³-hybridized carbons (Fsp3) is 0.182. The molecule has 4 aromatic rings. The van der Waals surface area contributed by atoms with Crippen LogP contribution in [0.25, 0.3) is 21.7 Å². The smallest absolute Gasteiger partial charge is 0.258 e. The van der Waals surface area contributed by atoms with Gasteiger partial charge < -0.3 is 9.72 Å². The normalized spacial score (nSPS) is 11.4. The first-order chi connectivity index (χ1) is 13.1. The molecule has 0 saturated heterocycles. The van der Waals surface area contributed by atoms with Crippen LogP contribution in [0.1, 0.15) is 11.4 Å². The van der Waals surface area contributed by atoms with Gasteiger partial charge in [0.2, 0.25) is 0 Å². The first-order valence-corrected chi connectivity index (χ1v) is 8.85. The summed E-state index contributed by atoms with van der Waals surface area (Å²) in [5.41, 5.74) is 1.84. The Bertz CT molecular complexity index is 1170. The summed E-state index contributed by atoms with van der Waals surface area (Å²) in [5, 5.41) is 2.95. The van der Waals surface area contributed by atoms with Crippen molar-refractivity contribution in [2.45, 2.75) is 13.1 Å². The van der Waals surface area contributed by atoms with E-state index < -0.39 is 0 Å². The fourth-order valence-electron chi connectivity index (χ4n) is 3.33. The van der Waals surface area contributed by atoms with Crippen LogP contribution >= 0.6 is 0 Å². The third-order valence-electron chi connectivity index (χ3n) is 4.65. The number of benzene rings is 3. The van der Waals surface area contributed by atoms with Crippen molar-refractivity contribution in [1.29, 1.82) is 0 Å². The Hall–Kier alpha value is -3.18. The van der Waals surface area contributed by atoms with Crippen molar-refractivity contribution in [1.82, 2.24) is 14.9 Å². The average Bonchev–Trinajstić information content (AvgIpc) is 2.67. The Kier molecular flexibility index (Phi) is 4.60. The Morgan fingerprint density at radius 1 is 1.00 bits per heavy atom. The summed E-state index contributed by atoms with van der Waals surface area (Å²) in [6, 6.07) is 19.9. The molecule has 0 radical (unpaired) electrons. The Morgan fingerprint density at radius 2 is 1.78 bits per heavy atom. The summed E-state index contributed by atoms with van der Waals surface area (Å²) < 4.78 is 5.28. The number of rotatable bonds is 5. The van der Waals surface area contributed by atoms with Gasteiger partial charge in [0, 0.05) is 6.54 Å². The number of aromatic amines is 1. The maximum Gasteiger partial charge on any atom is 0.258 e. The van der Waals surface area contributed by atoms with E-state index in [1.807, 2.05) is 37.4 Å². The molecule has 5 nitrogen and oxygen atoms in total. The van der Waals surface area contributed by atoms with Crippen molar-refractivity contribution in [3.05, 3.63) is 82.4 Å². The number of para-hydroxylation sites is 1. The van der Waals surface area contributed by atoms with E-state index in [1.165, 1.54) is 10.9 Å². The van der Waals surface area contributed by atoms with Gasteiger partial charge >= 0.3 is 0 Å². The third-order valence-corrected chi connectivity index (χ3v) is 4.65. The number of aromatic nitrogens is 2. The van der Waals surface area contributed by atoms with E-state index in [2.05, 4.69) is 39.1 Å². The van der Waals surface area contributed by atoms with E-state index in [-0.39, 0.29) is 5.56 Å². The summed E-state index contributed by atoms with van der Waals surface area (Å²) >= 11 is 0. The standard InChI is InChI=1S/C22H21N3O2/c1-25(14-21-23-20-6-4-3-5-19(20)22(26)24-21)13-15-7-8-17-12-18(27-2)10-9-16(17)11-15/h3-12H,13-14H2,1-2H3,(H,23,24,26). The van der Waals surface area contributed by atoms with Crippen molar-refractivity contribution in [3.63, 3.8) is 0 Å². The van der Waals surface area contributed by atoms with Gasteiger partial charge in [-0.25, -0.2) is 4.98 Å². The number of fused-ring (bicyclic) bond motifs is 2. The van der Waals surface area contributed by atoms with E-state index in [0.717, 1.165) is 23.2 Å². The average molecular weight is 359 g/mol. The highest BCUT2D eigenvalue weighted by molar-refractivity contribution is 5.84. The molecule has 1 N–H and O–H groups in total. The Morgan fingerprint density at radius 3 is 2.63 bits per heavy atom. The lowest BCUT2D eigenvalue weighted by atomic mass is 10.1. The predicted molar refractivity (Wildman–Crippen MR) is 108 cm³/mol. The molecule has 0 aliphatic rings. The second-order valence-corrected chi connectivity index (χ2v) is 6.75. The molecule has 0 aliphatic heterocycles. The molecule has 5 heteroatoms. The largest absolute Gasteiger partial charge is 0.497 e. The van der Waals surface area contributed by atoms with E-state index >= 15 is 0 Å². The monoisotopic (exact) mass is 359 g/mol. The van der Waals surface area contributed by atoms with Crippen molar-refractivity contribution >= 4 is 21.7 Å². The van der Waals surface area contributed by atoms with E-state index in [1.54, 1.807) is 13.2 Å². The zero-order valence-electron chi connectivity index (χ0n) is 15.4. The summed E-state index contributed by atoms with van der Waals surface area (Å²) in [5.74, 6) is 1.53. The second-order valence-electron chi connectivity index (χ2n) is 6.75. The molecule has 0 unspecified atom stereocenters. The minimum atomic E-state index is -0.0938. The molecule has 0 spiro atoms. The number of H-pyrrole nitrogens is 1. The highest BCUT2D eigenvalue weighted by Gasteiger charge is 2.08. The lowest BCUT2D eigenvalue weighted by molar-refractivity contribution is 0.311. The highest BCUT2D eigenvalue weighted by atomic mass is 16.5. The zero-order chi connectivity index (χ0) is 18.8. The molecule has 136 valence electrons. The van der Waals surface area contributed by atoms with Crippen LogP contribution in [0, 0.1) is 0 Å². The minimum absolute atomic E-state index is 0.0938. The highest BCUT2D eigenvalue weighted by Crippen LogP contribution is 2.22. The zero-order valence-corrected chi connectivity index (χ0v) is 15.4. The van der Waals surface area contributed by atoms with Crippen LogP contribution in [-0.2, 0) is 13.1 Å². The maximum absolute atomic E-state index is 12.2. The van der Waals surface area contributed by atoms with Crippen LogP contribution in [0.2, 0.25) is 0 Å². The van der Waals surface area contributed by atoms with Gasteiger partial charge in [-0.1, -0.05) is 30.3 Å². The Balaban J connectivity index is 1.53. The summed E-state index contributed by atoms with van der Waals surface area (Å²) in [4.78, 5) is 21.8. The third kappa shape index (κ3) is 3.68. The first kappa shape index (κ1) is 17.2. The SMILES string of the molecule is COc1ccc2cc(CN(C)Cc3nc4ccccc4c(=O)[nH]3)ccc2c1. The van der Waals surface area contributed by atoms with E-state index in [4.69, 9.17) is 4.74 Å². The van der Waals surface area contributed by atoms with Crippen LogP contribution in [-0.4, -0.2) is 29.0 Å². The molecular weight excluding hydrogens is 338 g/mol. The quantitative estimate of drug-likeness (QED) is 0.590. The van der Waals surface area contributed by atoms with Crippen molar-refractivity contribution in [2.24, 2.45) is 0 Å². The lowest BCUT2D eigenvalue weighted by Gasteiger charge is -2.17. The van der Waals surface area contributed by atoms with Crippen LogP contribution in [0.5, 0.6) is 5.75 Å². The molecule has 0 amide bonds. The molecule has 3 aromatic carbocycles. The van der Waals surface area contributed by atoms with Crippen molar-refractivity contribution in [2.75, 3.05) is 14.2 Å². The van der Waals surface area contributed by atoms with Crippen molar-refractivity contribution in [3.8, 4) is 5.75 Å². The molecule has 0 atom stereocenters. The van der Waals surface area contributed by atoms with Gasteiger partial charge in [0.1, 0.15) is 11.6 Å². The van der Waals surface area contributed by atoms with Gasteiger partial charge in [0.15, 0.2) is 0 Å². The summed E-state index contributed by atoms with van der Waals surface area (Å²) in [6.07, 6.45) is 0. The molecule has 0 bridgehead atoms. The summed E-state index contributed by atoms with van der Waals surface area (Å²) in [6.45, 7) is 1.33. The van der Waals surface area contributed by atoms with Gasteiger partial charge in [-0.15, -0.1) is 0 Å². The predicted octanol–water partition coefficient (Wildman–Crippen LogP) is 3.72. The van der Waals surface area contributed by atoms with Crippen LogP contribution in [0.15, 0.2) is 65.5 Å². The van der Waals surface area contributed by atoms with Crippen LogP contribution < -0.4 is 10.3 Å². The van der Waals surface area contributed by atoms with Crippen molar-refractivity contribution < 1.29 is 4.74 Å². The fourth-order valence-corrected chi connectivity index (χ4v) is 3.33. The van der Waals surface area contributed by atoms with E-state index in [0.29, 0.717) is 17.8 Å². The number of nitrogens with zero attached hydrogens (tertiary/aromatic N) is 2. The maximum atomic E-state index is 12.2. The van der Waals surface area contributed by atoms with E-state index in [9.17, 15) is 4.79 Å². The number of nitrogens with one attached hydrogen (secondary N) is 1. The second kappa shape index (κ2) is 7.21. The first-order valence-electron chi connectivity index (χ1n) is 8.85. The van der Waals surface area contributed by atoms with Gasteiger partial charge in [-0.05, 0) is 53.7 Å². The van der Waals surface area contributed by atoms with Gasteiger partial charge in [-0.2, -0.15) is 0 Å². The number of hydrogen-bond acceptors (Lipinski definition) is 4. The molecule has 4 rings (SSSR count). The number of hydrogen-bond donors (Lipinski definition) is 1. The topological polar surface area (TPSA) is 58.2 Å². The van der Waals surface area contributed by atoms with Gasteiger partial charge in [0.05, 0.1) is 24.6 Å². The molecule has 0 saturated carbocycles. The van der Waals surface area contributed by atoms with Crippen LogP contribution in [0.3, 0.4) is 0 Å². The summed E-state index contributed by atoms with van der Waals surface area (Å²) in [7, 11) is 3.70. The number of methoxy groups -OCH3 is 1. The molecule has 1 heterocycles. The van der Waals surface area contributed by atoms with Gasteiger partial charge in [0.25, 0.3) is 5.56 Å². The molecule has 0 aliphatic carbocycles. The molecule has 1 aromatic heterocycles. The van der Waals surface area contributed by atoms with Gasteiger partial charge in [-0.3, -0.25) is 9.69 Å². The molecule has 27 heavy (non-hydrogen) atoms. The van der Waals surface area contributed by atoms with Crippen LogP contribution in [0.4, 0.5) is 0 Å². The minimum Gasteiger partial charge on any atom is -0.497 e.